The number of nitrogens with zero attached hydrogens (tertiary/aromatic N) is 2. The van der Waals surface area contributed by atoms with Gasteiger partial charge in [0, 0.05) is 19.4 Å². The maximum absolute atomic E-state index is 6.08. The summed E-state index contributed by atoms with van der Waals surface area (Å²) in [6.07, 6.45) is 3.66. The van der Waals surface area contributed by atoms with Crippen LogP contribution >= 0.6 is 0 Å². The largest absolute Gasteiger partial charge is 0.336 e. The van der Waals surface area contributed by atoms with Crippen molar-refractivity contribution in [3.63, 3.8) is 0 Å². The molecule has 0 spiro atoms. The average molecular weight is 187 g/mol. The molecule has 0 radical (unpaired) electrons. The molecule has 14 heavy (non-hydrogen) atoms. The fourth-order valence-corrected chi connectivity index (χ4v) is 1.49. The van der Waals surface area contributed by atoms with Gasteiger partial charge in [-0.05, 0) is 5.56 Å². The topological polar surface area (TPSA) is 43.8 Å². The fourth-order valence-electron chi connectivity index (χ4n) is 1.49. The maximum atomic E-state index is 6.08. The predicted molar refractivity (Wildman–Crippen MR) is 55.7 cm³/mol. The lowest BCUT2D eigenvalue weighted by Gasteiger charge is -2.11. The highest BCUT2D eigenvalue weighted by Crippen LogP contribution is 2.16. The van der Waals surface area contributed by atoms with Gasteiger partial charge in [0.25, 0.3) is 0 Å². The van der Waals surface area contributed by atoms with Gasteiger partial charge in [0.1, 0.15) is 5.82 Å². The van der Waals surface area contributed by atoms with Crippen LogP contribution in [0.25, 0.3) is 0 Å². The molecule has 0 amide bonds. The summed E-state index contributed by atoms with van der Waals surface area (Å²) in [6, 6.07) is 9.83. The fraction of sp³-hybridized carbons (Fsp3) is 0.182. The number of imidazole rings is 1. The lowest BCUT2D eigenvalue weighted by molar-refractivity contribution is 0.717. The summed E-state index contributed by atoms with van der Waals surface area (Å²) in [5, 5.41) is 0. The molecule has 1 atom stereocenters. The van der Waals surface area contributed by atoms with Crippen LogP contribution in [0.1, 0.15) is 17.4 Å². The van der Waals surface area contributed by atoms with E-state index in [1.54, 1.807) is 6.20 Å². The van der Waals surface area contributed by atoms with Gasteiger partial charge < -0.3 is 10.3 Å². The van der Waals surface area contributed by atoms with Gasteiger partial charge in [-0.2, -0.15) is 0 Å². The highest BCUT2D eigenvalue weighted by atomic mass is 15.1. The first-order valence-electron chi connectivity index (χ1n) is 4.57. The molecular weight excluding hydrogens is 174 g/mol. The Morgan fingerprint density at radius 2 is 2.00 bits per heavy atom. The molecule has 0 unspecified atom stereocenters. The Morgan fingerprint density at radius 1 is 1.29 bits per heavy atom. The standard InChI is InChI=1S/C11H13N3/c1-14-8-7-13-11(14)10(12)9-5-3-2-4-6-9/h2-8,10H,12H2,1H3/t10-/m0/s1. The van der Waals surface area contributed by atoms with E-state index in [4.69, 9.17) is 5.73 Å². The third kappa shape index (κ3) is 1.54. The second kappa shape index (κ2) is 3.64. The summed E-state index contributed by atoms with van der Waals surface area (Å²) < 4.78 is 1.94. The van der Waals surface area contributed by atoms with Crippen molar-refractivity contribution in [3.05, 3.63) is 54.1 Å². The molecular formula is C11H13N3. The van der Waals surface area contributed by atoms with Gasteiger partial charge in [0.05, 0.1) is 6.04 Å². The average Bonchev–Trinajstić information content (AvgIpc) is 2.65. The summed E-state index contributed by atoms with van der Waals surface area (Å²) in [5.41, 5.74) is 7.16. The van der Waals surface area contributed by atoms with Crippen molar-refractivity contribution in [1.82, 2.24) is 9.55 Å². The van der Waals surface area contributed by atoms with Crippen molar-refractivity contribution in [2.75, 3.05) is 0 Å². The van der Waals surface area contributed by atoms with Crippen LogP contribution in [0.3, 0.4) is 0 Å². The highest BCUT2D eigenvalue weighted by molar-refractivity contribution is 5.24. The molecule has 72 valence electrons. The summed E-state index contributed by atoms with van der Waals surface area (Å²) in [7, 11) is 1.95. The van der Waals surface area contributed by atoms with E-state index < -0.39 is 0 Å². The van der Waals surface area contributed by atoms with Crippen LogP contribution in [0.2, 0.25) is 0 Å². The minimum atomic E-state index is -0.142. The van der Waals surface area contributed by atoms with Gasteiger partial charge in [0.2, 0.25) is 0 Å². The van der Waals surface area contributed by atoms with E-state index in [1.165, 1.54) is 0 Å². The van der Waals surface area contributed by atoms with Crippen LogP contribution in [-0.2, 0) is 7.05 Å². The number of nitrogens with two attached hydrogens (primary N) is 1. The Labute approximate surface area is 83.2 Å². The Balaban J connectivity index is 2.34. The Morgan fingerprint density at radius 3 is 2.57 bits per heavy atom. The van der Waals surface area contributed by atoms with E-state index in [9.17, 15) is 0 Å². The molecule has 1 aromatic heterocycles. The molecule has 2 aromatic rings. The van der Waals surface area contributed by atoms with Crippen molar-refractivity contribution in [2.24, 2.45) is 12.8 Å². The number of benzene rings is 1. The first kappa shape index (κ1) is 8.97. The second-order valence-electron chi connectivity index (χ2n) is 3.28. The van der Waals surface area contributed by atoms with Crippen molar-refractivity contribution in [2.45, 2.75) is 6.04 Å². The van der Waals surface area contributed by atoms with Gasteiger partial charge >= 0.3 is 0 Å². The van der Waals surface area contributed by atoms with Crippen LogP contribution in [0, 0.1) is 0 Å². The molecule has 0 saturated carbocycles. The zero-order valence-corrected chi connectivity index (χ0v) is 8.09. The smallest absolute Gasteiger partial charge is 0.129 e. The molecule has 3 heteroatoms. The zero-order valence-electron chi connectivity index (χ0n) is 8.09. The molecule has 2 rings (SSSR count). The summed E-state index contributed by atoms with van der Waals surface area (Å²) >= 11 is 0. The third-order valence-corrected chi connectivity index (χ3v) is 2.30. The van der Waals surface area contributed by atoms with Crippen LogP contribution in [0.5, 0.6) is 0 Å². The van der Waals surface area contributed by atoms with Gasteiger partial charge in [-0.1, -0.05) is 30.3 Å². The second-order valence-corrected chi connectivity index (χ2v) is 3.28. The summed E-state index contributed by atoms with van der Waals surface area (Å²) in [4.78, 5) is 4.23. The molecule has 0 bridgehead atoms. The molecule has 0 aliphatic carbocycles. The quantitative estimate of drug-likeness (QED) is 0.773. The van der Waals surface area contributed by atoms with Crippen molar-refractivity contribution in [1.29, 1.82) is 0 Å². The zero-order chi connectivity index (χ0) is 9.97. The summed E-state index contributed by atoms with van der Waals surface area (Å²) in [6.45, 7) is 0. The molecule has 2 N–H and O–H groups in total. The first-order valence-corrected chi connectivity index (χ1v) is 4.57. The van der Waals surface area contributed by atoms with E-state index >= 15 is 0 Å². The van der Waals surface area contributed by atoms with Gasteiger partial charge in [-0.15, -0.1) is 0 Å². The first-order chi connectivity index (χ1) is 6.79. The molecule has 0 saturated heterocycles. The van der Waals surface area contributed by atoms with Gasteiger partial charge in [-0.25, -0.2) is 4.98 Å². The number of hydrogen-bond acceptors (Lipinski definition) is 2. The number of hydrogen-bond donors (Lipinski definition) is 1. The number of rotatable bonds is 2. The highest BCUT2D eigenvalue weighted by Gasteiger charge is 2.11. The minimum Gasteiger partial charge on any atom is -0.336 e. The molecule has 0 aliphatic heterocycles. The monoisotopic (exact) mass is 187 g/mol. The van der Waals surface area contributed by atoms with E-state index in [0.717, 1.165) is 11.4 Å². The lowest BCUT2D eigenvalue weighted by atomic mass is 10.1. The molecule has 0 aliphatic rings. The Hall–Kier alpha value is -1.61. The van der Waals surface area contributed by atoms with Crippen molar-refractivity contribution >= 4 is 0 Å². The molecule has 1 heterocycles. The number of aryl methyl sites for hydroxylation is 1. The van der Waals surface area contributed by atoms with Crippen LogP contribution in [0.15, 0.2) is 42.7 Å². The Bertz CT molecular complexity index is 405. The van der Waals surface area contributed by atoms with Gasteiger partial charge in [-0.3, -0.25) is 0 Å². The van der Waals surface area contributed by atoms with E-state index in [1.807, 2.05) is 48.1 Å². The molecule has 1 aromatic carbocycles. The third-order valence-electron chi connectivity index (χ3n) is 2.30. The maximum Gasteiger partial charge on any atom is 0.129 e. The Kier molecular flexibility index (Phi) is 2.33. The number of aromatic nitrogens is 2. The molecule has 3 nitrogen and oxygen atoms in total. The van der Waals surface area contributed by atoms with Crippen LogP contribution in [-0.4, -0.2) is 9.55 Å². The van der Waals surface area contributed by atoms with E-state index in [0.29, 0.717) is 0 Å². The van der Waals surface area contributed by atoms with E-state index in [2.05, 4.69) is 4.98 Å². The summed E-state index contributed by atoms with van der Waals surface area (Å²) in [5.74, 6) is 0.885. The molecule has 0 fully saturated rings. The lowest BCUT2D eigenvalue weighted by Crippen LogP contribution is -2.16. The van der Waals surface area contributed by atoms with Gasteiger partial charge in [0.15, 0.2) is 0 Å². The van der Waals surface area contributed by atoms with Crippen LogP contribution in [0.4, 0.5) is 0 Å². The van der Waals surface area contributed by atoms with Crippen molar-refractivity contribution < 1.29 is 0 Å². The van der Waals surface area contributed by atoms with E-state index in [-0.39, 0.29) is 6.04 Å². The minimum absolute atomic E-state index is 0.142. The van der Waals surface area contributed by atoms with Crippen molar-refractivity contribution in [3.8, 4) is 0 Å². The van der Waals surface area contributed by atoms with Crippen LogP contribution < -0.4 is 5.73 Å². The predicted octanol–water partition coefficient (Wildman–Crippen LogP) is 1.47. The SMILES string of the molecule is Cn1ccnc1[C@@H](N)c1ccccc1. The normalized spacial score (nSPS) is 12.7.